The molecule has 1 unspecified atom stereocenters. The topological polar surface area (TPSA) is 40.9 Å². The van der Waals surface area contributed by atoms with Gasteiger partial charge in [0.05, 0.1) is 15.9 Å². The molecule has 0 aliphatic carbocycles. The second-order valence-electron chi connectivity index (χ2n) is 5.78. The number of nitrogens with zero attached hydrogens (tertiary/aromatic N) is 1. The monoisotopic (exact) mass is 415 g/mol. The van der Waals surface area contributed by atoms with Crippen molar-refractivity contribution in [2.45, 2.75) is 26.2 Å². The predicted octanol–water partition coefficient (Wildman–Crippen LogP) is 6.94. The average molecular weight is 416 g/mol. The van der Waals surface area contributed by atoms with Gasteiger partial charge in [0.1, 0.15) is 0 Å². The average Bonchev–Trinajstić information content (AvgIpc) is 2.69. The van der Waals surface area contributed by atoms with Gasteiger partial charge in [-0.25, -0.2) is 0 Å². The minimum atomic E-state index is -0.284. The maximum absolute atomic E-state index is 12.9. The van der Waals surface area contributed by atoms with Gasteiger partial charge in [0.15, 0.2) is 5.78 Å². The zero-order chi connectivity index (χ0) is 19.6. The van der Waals surface area contributed by atoms with Crippen molar-refractivity contribution in [2.24, 2.45) is 0 Å². The minimum absolute atomic E-state index is 0.0330. The highest BCUT2D eigenvalue weighted by molar-refractivity contribution is 8.22. The molecule has 2 rings (SSSR count). The van der Waals surface area contributed by atoms with Crippen molar-refractivity contribution in [3.8, 4) is 6.07 Å². The first-order chi connectivity index (χ1) is 13.1. The third-order valence-electron chi connectivity index (χ3n) is 4.00. The van der Waals surface area contributed by atoms with E-state index in [1.807, 2.05) is 54.6 Å². The van der Waals surface area contributed by atoms with E-state index in [0.29, 0.717) is 16.2 Å². The third-order valence-corrected chi connectivity index (χ3v) is 6.50. The van der Waals surface area contributed by atoms with Crippen molar-refractivity contribution in [2.75, 3.05) is 11.5 Å². The van der Waals surface area contributed by atoms with Crippen LogP contribution in [0.25, 0.3) is 0 Å². The van der Waals surface area contributed by atoms with Gasteiger partial charge in [-0.15, -0.1) is 23.5 Å². The van der Waals surface area contributed by atoms with Crippen LogP contribution >= 0.6 is 35.1 Å². The first-order valence-corrected chi connectivity index (χ1v) is 11.2. The quantitative estimate of drug-likeness (QED) is 0.328. The second-order valence-corrected chi connectivity index (χ2v) is 9.02. The van der Waals surface area contributed by atoms with Crippen LogP contribution in [0, 0.1) is 11.3 Å². The van der Waals surface area contributed by atoms with Gasteiger partial charge in [-0.1, -0.05) is 67.9 Å². The summed E-state index contributed by atoms with van der Waals surface area (Å²) in [5.74, 6) is 1.51. The molecule has 0 bridgehead atoms. The van der Waals surface area contributed by atoms with Crippen LogP contribution in [-0.2, 0) is 0 Å². The molecule has 0 N–H and O–H groups in total. The Labute approximate surface area is 175 Å². The van der Waals surface area contributed by atoms with Crippen molar-refractivity contribution in [1.82, 2.24) is 0 Å². The van der Waals surface area contributed by atoms with Crippen LogP contribution in [0.4, 0.5) is 0 Å². The second kappa shape index (κ2) is 11.2. The van der Waals surface area contributed by atoms with Gasteiger partial charge >= 0.3 is 0 Å². The number of ketones is 1. The molecule has 0 saturated heterocycles. The molecule has 140 valence electrons. The molecular weight excluding hydrogens is 394 g/mol. The summed E-state index contributed by atoms with van der Waals surface area (Å²) in [4.78, 5) is 12.9. The van der Waals surface area contributed by atoms with Crippen LogP contribution in [0.1, 0.15) is 42.1 Å². The fraction of sp³-hybridized carbons (Fsp3) is 0.273. The zero-order valence-corrected chi connectivity index (χ0v) is 17.8. The van der Waals surface area contributed by atoms with E-state index in [0.717, 1.165) is 21.3 Å². The Hall–Kier alpha value is -1.67. The largest absolute Gasteiger partial charge is 0.294 e. The van der Waals surface area contributed by atoms with E-state index >= 15 is 0 Å². The lowest BCUT2D eigenvalue weighted by atomic mass is 9.86. The highest BCUT2D eigenvalue weighted by Crippen LogP contribution is 2.40. The fourth-order valence-corrected chi connectivity index (χ4v) is 5.11. The smallest absolute Gasteiger partial charge is 0.163 e. The number of allylic oxidation sites excluding steroid dienone is 1. The van der Waals surface area contributed by atoms with Crippen LogP contribution in [0.15, 0.2) is 64.4 Å². The molecule has 0 fully saturated rings. The Morgan fingerprint density at radius 3 is 2.15 bits per heavy atom. The first-order valence-electron chi connectivity index (χ1n) is 8.84. The molecule has 0 heterocycles. The molecule has 0 saturated carbocycles. The van der Waals surface area contributed by atoms with Crippen LogP contribution < -0.4 is 0 Å². The van der Waals surface area contributed by atoms with Crippen LogP contribution in [0.2, 0.25) is 5.02 Å². The standard InChI is InChI=1S/C22H22ClNOS2/c1-3-26-22(27-4-2)20(15-24)19(16-10-12-18(23)13-11-16)14-21(25)17-8-6-5-7-9-17/h5-13,19H,3-4,14H2,1-2H3. The summed E-state index contributed by atoms with van der Waals surface area (Å²) >= 11 is 9.37. The summed E-state index contributed by atoms with van der Waals surface area (Å²) < 4.78 is 1.00. The Kier molecular flexibility index (Phi) is 9.00. The molecule has 5 heteroatoms. The van der Waals surface area contributed by atoms with Gasteiger partial charge in [-0.2, -0.15) is 5.26 Å². The number of carbonyl (C=O) groups is 1. The number of Topliss-reactive ketones (excluding diaryl/α,β-unsaturated/α-hetero) is 1. The molecule has 2 aromatic rings. The SMILES string of the molecule is CCSC(SCC)=C(C#N)C(CC(=O)c1ccccc1)c1ccc(Cl)cc1. The van der Waals surface area contributed by atoms with Crippen LogP contribution in [0.5, 0.6) is 0 Å². The van der Waals surface area contributed by atoms with Crippen molar-refractivity contribution in [1.29, 1.82) is 5.26 Å². The summed E-state index contributed by atoms with van der Waals surface area (Å²) in [6.07, 6.45) is 0.257. The Bertz CT molecular complexity index is 818. The molecule has 0 amide bonds. The lowest BCUT2D eigenvalue weighted by molar-refractivity contribution is 0.0977. The number of hydrogen-bond donors (Lipinski definition) is 0. The van der Waals surface area contributed by atoms with Gasteiger partial charge in [0.25, 0.3) is 0 Å². The predicted molar refractivity (Wildman–Crippen MR) is 118 cm³/mol. The Morgan fingerprint density at radius 1 is 1.04 bits per heavy atom. The molecule has 0 aliphatic heterocycles. The molecule has 0 radical (unpaired) electrons. The van der Waals surface area contributed by atoms with E-state index in [4.69, 9.17) is 11.6 Å². The molecule has 1 atom stereocenters. The lowest BCUT2D eigenvalue weighted by Gasteiger charge is -2.19. The third kappa shape index (κ3) is 6.17. The summed E-state index contributed by atoms with van der Waals surface area (Å²) in [5, 5.41) is 10.6. The Morgan fingerprint density at radius 2 is 1.63 bits per heavy atom. The van der Waals surface area contributed by atoms with Crippen molar-refractivity contribution >= 4 is 40.9 Å². The van der Waals surface area contributed by atoms with Crippen molar-refractivity contribution < 1.29 is 4.79 Å². The fourth-order valence-electron chi connectivity index (χ4n) is 2.73. The highest BCUT2D eigenvalue weighted by Gasteiger charge is 2.24. The molecular formula is C22H22ClNOS2. The van der Waals surface area contributed by atoms with E-state index in [-0.39, 0.29) is 18.1 Å². The molecule has 2 nitrogen and oxygen atoms in total. The number of hydrogen-bond acceptors (Lipinski definition) is 4. The van der Waals surface area contributed by atoms with Gasteiger partial charge in [-0.05, 0) is 29.2 Å². The number of carbonyl (C=O) groups excluding carboxylic acids is 1. The first kappa shape index (κ1) is 21.6. The van der Waals surface area contributed by atoms with Crippen molar-refractivity contribution in [3.05, 3.63) is 80.6 Å². The molecule has 0 aromatic heterocycles. The summed E-state index contributed by atoms with van der Waals surface area (Å²) in [5.41, 5.74) is 2.27. The molecule has 27 heavy (non-hydrogen) atoms. The van der Waals surface area contributed by atoms with Crippen molar-refractivity contribution in [3.63, 3.8) is 0 Å². The van der Waals surface area contributed by atoms with E-state index in [9.17, 15) is 10.1 Å². The van der Waals surface area contributed by atoms with Gasteiger partial charge < -0.3 is 0 Å². The number of thioether (sulfide) groups is 2. The van der Waals surface area contributed by atoms with Gasteiger partial charge in [-0.3, -0.25) is 4.79 Å². The van der Waals surface area contributed by atoms with E-state index < -0.39 is 0 Å². The summed E-state index contributed by atoms with van der Waals surface area (Å²) in [7, 11) is 0. The van der Waals surface area contributed by atoms with Crippen LogP contribution in [-0.4, -0.2) is 17.3 Å². The van der Waals surface area contributed by atoms with Gasteiger partial charge in [0, 0.05) is 22.9 Å². The number of halogens is 1. The summed E-state index contributed by atoms with van der Waals surface area (Å²) in [6.45, 7) is 4.14. The summed E-state index contributed by atoms with van der Waals surface area (Å²) in [6, 6.07) is 19.1. The molecule has 0 spiro atoms. The minimum Gasteiger partial charge on any atom is -0.294 e. The molecule has 2 aromatic carbocycles. The maximum atomic E-state index is 12.9. The molecule has 0 aliphatic rings. The number of nitriles is 1. The highest BCUT2D eigenvalue weighted by atomic mass is 35.5. The van der Waals surface area contributed by atoms with E-state index in [2.05, 4.69) is 19.9 Å². The van der Waals surface area contributed by atoms with Crippen LogP contribution in [0.3, 0.4) is 0 Å². The lowest BCUT2D eigenvalue weighted by Crippen LogP contribution is -2.11. The normalized spacial score (nSPS) is 11.5. The number of benzene rings is 2. The van der Waals surface area contributed by atoms with E-state index in [1.165, 1.54) is 0 Å². The number of rotatable bonds is 9. The zero-order valence-electron chi connectivity index (χ0n) is 15.4. The van der Waals surface area contributed by atoms with E-state index in [1.54, 1.807) is 23.5 Å². The maximum Gasteiger partial charge on any atom is 0.163 e. The van der Waals surface area contributed by atoms with Gasteiger partial charge in [0.2, 0.25) is 0 Å². The Balaban J connectivity index is 2.48.